The second-order valence-electron chi connectivity index (χ2n) is 3.20. The van der Waals surface area contributed by atoms with Crippen molar-refractivity contribution in [3.05, 3.63) is 29.8 Å². The van der Waals surface area contributed by atoms with Crippen LogP contribution in [-0.4, -0.2) is 6.10 Å². The highest BCUT2D eigenvalue weighted by molar-refractivity contribution is 7.80. The van der Waals surface area contributed by atoms with Crippen LogP contribution in [0.4, 0.5) is 0 Å². The predicted octanol–water partition coefficient (Wildman–Crippen LogP) is 3.29. The van der Waals surface area contributed by atoms with Crippen LogP contribution in [0.15, 0.2) is 29.2 Å². The highest BCUT2D eigenvalue weighted by Crippen LogP contribution is 2.10. The van der Waals surface area contributed by atoms with E-state index in [1.54, 1.807) is 0 Å². The summed E-state index contributed by atoms with van der Waals surface area (Å²) >= 11 is 4.22. The van der Waals surface area contributed by atoms with Crippen molar-refractivity contribution in [1.82, 2.24) is 0 Å². The molecule has 0 saturated heterocycles. The summed E-state index contributed by atoms with van der Waals surface area (Å²) in [5, 5.41) is 0. The van der Waals surface area contributed by atoms with Crippen molar-refractivity contribution in [3.8, 4) is 0 Å². The number of thiol groups is 1. The van der Waals surface area contributed by atoms with Crippen LogP contribution in [0.2, 0.25) is 0 Å². The van der Waals surface area contributed by atoms with Crippen molar-refractivity contribution in [1.29, 1.82) is 0 Å². The molecule has 2 heteroatoms. The van der Waals surface area contributed by atoms with Gasteiger partial charge in [-0.3, -0.25) is 0 Å². The minimum absolute atomic E-state index is 0.343. The molecule has 1 aromatic rings. The molecule has 1 aromatic carbocycles. The van der Waals surface area contributed by atoms with Gasteiger partial charge in [-0.15, -0.1) is 12.6 Å². The van der Waals surface area contributed by atoms with Gasteiger partial charge in [0.2, 0.25) is 0 Å². The van der Waals surface area contributed by atoms with Crippen LogP contribution < -0.4 is 0 Å². The first-order valence-electron chi connectivity index (χ1n) is 4.62. The van der Waals surface area contributed by atoms with Crippen molar-refractivity contribution < 1.29 is 4.74 Å². The fraction of sp³-hybridized carbons (Fsp3) is 0.455. The van der Waals surface area contributed by atoms with Crippen LogP contribution in [0.1, 0.15) is 25.8 Å². The van der Waals surface area contributed by atoms with Gasteiger partial charge in [-0.05, 0) is 31.0 Å². The molecule has 1 nitrogen and oxygen atoms in total. The molecule has 0 saturated carbocycles. The Morgan fingerprint density at radius 1 is 1.31 bits per heavy atom. The van der Waals surface area contributed by atoms with E-state index in [-0.39, 0.29) is 0 Å². The Hall–Kier alpha value is -0.470. The van der Waals surface area contributed by atoms with Crippen LogP contribution in [0.3, 0.4) is 0 Å². The highest BCUT2D eigenvalue weighted by atomic mass is 32.1. The van der Waals surface area contributed by atoms with Crippen LogP contribution in [0.5, 0.6) is 0 Å². The van der Waals surface area contributed by atoms with E-state index in [9.17, 15) is 0 Å². The van der Waals surface area contributed by atoms with Gasteiger partial charge in [-0.1, -0.05) is 19.1 Å². The summed E-state index contributed by atoms with van der Waals surface area (Å²) in [6.07, 6.45) is 1.40. The van der Waals surface area contributed by atoms with Crippen molar-refractivity contribution in [2.75, 3.05) is 0 Å². The largest absolute Gasteiger partial charge is 0.374 e. The molecule has 0 bridgehead atoms. The lowest BCUT2D eigenvalue weighted by Crippen LogP contribution is -2.05. The molecule has 0 aromatic heterocycles. The normalized spacial score (nSPS) is 12.8. The molecule has 0 fully saturated rings. The number of hydrogen-bond donors (Lipinski definition) is 1. The summed E-state index contributed by atoms with van der Waals surface area (Å²) in [6, 6.07) is 8.06. The van der Waals surface area contributed by atoms with E-state index in [1.165, 1.54) is 5.56 Å². The van der Waals surface area contributed by atoms with E-state index < -0.39 is 0 Å². The Kier molecular flexibility index (Phi) is 4.33. The molecule has 0 unspecified atom stereocenters. The third-order valence-electron chi connectivity index (χ3n) is 2.05. The molecule has 0 heterocycles. The molecular weight excluding hydrogens is 180 g/mol. The zero-order valence-electron chi connectivity index (χ0n) is 8.16. The zero-order chi connectivity index (χ0) is 9.68. The smallest absolute Gasteiger partial charge is 0.0720 e. The van der Waals surface area contributed by atoms with E-state index in [1.807, 2.05) is 24.3 Å². The van der Waals surface area contributed by atoms with Gasteiger partial charge in [0, 0.05) is 4.90 Å². The van der Waals surface area contributed by atoms with Crippen molar-refractivity contribution in [2.24, 2.45) is 0 Å². The molecule has 0 radical (unpaired) electrons. The van der Waals surface area contributed by atoms with E-state index in [0.29, 0.717) is 12.7 Å². The van der Waals surface area contributed by atoms with Crippen LogP contribution in [0.25, 0.3) is 0 Å². The summed E-state index contributed by atoms with van der Waals surface area (Å²) in [7, 11) is 0. The first-order chi connectivity index (χ1) is 6.22. The third-order valence-corrected chi connectivity index (χ3v) is 2.34. The van der Waals surface area contributed by atoms with Gasteiger partial charge in [0.05, 0.1) is 12.7 Å². The summed E-state index contributed by atoms with van der Waals surface area (Å²) in [5.41, 5.74) is 1.21. The predicted molar refractivity (Wildman–Crippen MR) is 58.2 cm³/mol. The fourth-order valence-corrected chi connectivity index (χ4v) is 1.10. The lowest BCUT2D eigenvalue weighted by atomic mass is 10.2. The van der Waals surface area contributed by atoms with Crippen LogP contribution in [-0.2, 0) is 11.3 Å². The Morgan fingerprint density at radius 2 is 1.92 bits per heavy atom. The Labute approximate surface area is 85.5 Å². The van der Waals surface area contributed by atoms with E-state index in [2.05, 4.69) is 26.5 Å². The Bertz CT molecular complexity index is 243. The molecule has 0 aliphatic heterocycles. The van der Waals surface area contributed by atoms with Crippen LogP contribution >= 0.6 is 12.6 Å². The van der Waals surface area contributed by atoms with Crippen molar-refractivity contribution in [3.63, 3.8) is 0 Å². The minimum Gasteiger partial charge on any atom is -0.374 e. The van der Waals surface area contributed by atoms with Gasteiger partial charge in [-0.2, -0.15) is 0 Å². The summed E-state index contributed by atoms with van der Waals surface area (Å²) in [4.78, 5) is 0.993. The lowest BCUT2D eigenvalue weighted by molar-refractivity contribution is 0.0508. The average Bonchev–Trinajstić information content (AvgIpc) is 2.16. The number of benzene rings is 1. The molecule has 0 spiro atoms. The van der Waals surface area contributed by atoms with Crippen molar-refractivity contribution in [2.45, 2.75) is 37.9 Å². The monoisotopic (exact) mass is 196 g/mol. The molecule has 0 aliphatic carbocycles. The van der Waals surface area contributed by atoms with Gasteiger partial charge in [-0.25, -0.2) is 0 Å². The fourth-order valence-electron chi connectivity index (χ4n) is 0.949. The molecular formula is C11H16OS. The molecule has 72 valence electrons. The first-order valence-corrected chi connectivity index (χ1v) is 5.06. The van der Waals surface area contributed by atoms with Gasteiger partial charge in [0.25, 0.3) is 0 Å². The second kappa shape index (κ2) is 5.30. The highest BCUT2D eigenvalue weighted by Gasteiger charge is 1.98. The lowest BCUT2D eigenvalue weighted by Gasteiger charge is -2.10. The van der Waals surface area contributed by atoms with Crippen LogP contribution in [0, 0.1) is 0 Å². The minimum atomic E-state index is 0.343. The Morgan fingerprint density at radius 3 is 2.46 bits per heavy atom. The van der Waals surface area contributed by atoms with Gasteiger partial charge in [0.1, 0.15) is 0 Å². The summed E-state index contributed by atoms with van der Waals surface area (Å²) < 4.78 is 5.59. The summed E-state index contributed by atoms with van der Waals surface area (Å²) in [5.74, 6) is 0. The third kappa shape index (κ3) is 3.83. The Balaban J connectivity index is 2.41. The number of hydrogen-bond acceptors (Lipinski definition) is 2. The molecule has 1 atom stereocenters. The quantitative estimate of drug-likeness (QED) is 0.727. The van der Waals surface area contributed by atoms with E-state index in [0.717, 1.165) is 11.3 Å². The first kappa shape index (κ1) is 10.6. The van der Waals surface area contributed by atoms with Gasteiger partial charge in [0.15, 0.2) is 0 Å². The van der Waals surface area contributed by atoms with Gasteiger partial charge >= 0.3 is 0 Å². The SMILES string of the molecule is CC[C@H](C)OCc1ccc(S)cc1. The standard InChI is InChI=1S/C11H16OS/c1-3-9(2)12-8-10-4-6-11(13)7-5-10/h4-7,9,13H,3,8H2,1-2H3/t9-/m0/s1. The molecule has 0 aliphatic rings. The summed E-state index contributed by atoms with van der Waals surface area (Å²) in [6.45, 7) is 4.91. The maximum Gasteiger partial charge on any atom is 0.0720 e. The molecule has 0 N–H and O–H groups in total. The molecule has 13 heavy (non-hydrogen) atoms. The topological polar surface area (TPSA) is 9.23 Å². The number of ether oxygens (including phenoxy) is 1. The molecule has 0 amide bonds. The average molecular weight is 196 g/mol. The van der Waals surface area contributed by atoms with Gasteiger partial charge < -0.3 is 4.74 Å². The maximum absolute atomic E-state index is 5.59. The molecule has 1 rings (SSSR count). The number of rotatable bonds is 4. The van der Waals surface area contributed by atoms with Crippen molar-refractivity contribution >= 4 is 12.6 Å². The maximum atomic E-state index is 5.59. The van der Waals surface area contributed by atoms with E-state index in [4.69, 9.17) is 4.74 Å². The van der Waals surface area contributed by atoms with E-state index >= 15 is 0 Å². The zero-order valence-corrected chi connectivity index (χ0v) is 9.05. The second-order valence-corrected chi connectivity index (χ2v) is 3.71.